The molecular weight excluding hydrogens is 266 g/mol. The fourth-order valence-electron chi connectivity index (χ4n) is 2.41. The third-order valence-electron chi connectivity index (χ3n) is 3.75. The van der Waals surface area contributed by atoms with E-state index in [-0.39, 0.29) is 12.1 Å². The average Bonchev–Trinajstić information content (AvgIpc) is 2.46. The van der Waals surface area contributed by atoms with Crippen molar-refractivity contribution >= 4 is 5.97 Å². The summed E-state index contributed by atoms with van der Waals surface area (Å²) >= 11 is 0. The van der Waals surface area contributed by atoms with Gasteiger partial charge in [0, 0.05) is 6.42 Å². The van der Waals surface area contributed by atoms with Crippen molar-refractivity contribution in [3.05, 3.63) is 29.8 Å². The molecule has 4 heteroatoms. The maximum absolute atomic E-state index is 11.9. The van der Waals surface area contributed by atoms with Crippen LogP contribution in [0.3, 0.4) is 0 Å². The van der Waals surface area contributed by atoms with Crippen LogP contribution in [-0.4, -0.2) is 31.8 Å². The Bertz CT molecular complexity index is 473. The van der Waals surface area contributed by atoms with Crippen LogP contribution in [0.15, 0.2) is 24.3 Å². The summed E-state index contributed by atoms with van der Waals surface area (Å²) in [4.78, 5) is 11.9. The third kappa shape index (κ3) is 4.46. The van der Waals surface area contributed by atoms with E-state index in [0.29, 0.717) is 12.3 Å². The molecule has 21 heavy (non-hydrogen) atoms. The van der Waals surface area contributed by atoms with Gasteiger partial charge in [0.15, 0.2) is 0 Å². The lowest BCUT2D eigenvalue weighted by Crippen LogP contribution is -2.50. The average molecular weight is 293 g/mol. The summed E-state index contributed by atoms with van der Waals surface area (Å²) in [5, 5.41) is 3.03. The Kier molecular flexibility index (Phi) is 6.21. The molecule has 0 aliphatic rings. The summed E-state index contributed by atoms with van der Waals surface area (Å²) in [5.41, 5.74) is 0.426. The van der Waals surface area contributed by atoms with Gasteiger partial charge in [-0.15, -0.1) is 0 Å². The topological polar surface area (TPSA) is 47.6 Å². The van der Waals surface area contributed by atoms with Crippen LogP contribution < -0.4 is 10.1 Å². The van der Waals surface area contributed by atoms with Crippen LogP contribution in [0.1, 0.15) is 45.6 Å². The largest absolute Gasteiger partial charge is 0.490 e. The highest BCUT2D eigenvalue weighted by atomic mass is 16.5. The number of methoxy groups -OCH3 is 1. The highest BCUT2D eigenvalue weighted by molar-refractivity contribution is 5.80. The summed E-state index contributed by atoms with van der Waals surface area (Å²) in [5.74, 6) is 0.991. The molecule has 0 aromatic heterocycles. The van der Waals surface area contributed by atoms with Gasteiger partial charge in [-0.05, 0) is 38.4 Å². The third-order valence-corrected chi connectivity index (χ3v) is 3.75. The molecule has 0 fully saturated rings. The Morgan fingerprint density at radius 1 is 1.29 bits per heavy atom. The molecular formula is C17H27NO3. The van der Waals surface area contributed by atoms with Crippen molar-refractivity contribution in [3.8, 4) is 5.75 Å². The van der Waals surface area contributed by atoms with Gasteiger partial charge in [0.2, 0.25) is 0 Å². The van der Waals surface area contributed by atoms with E-state index >= 15 is 0 Å². The van der Waals surface area contributed by atoms with Crippen molar-refractivity contribution in [3.63, 3.8) is 0 Å². The number of para-hydroxylation sites is 1. The number of carbonyl (C=O) groups is 1. The van der Waals surface area contributed by atoms with E-state index in [1.165, 1.54) is 12.7 Å². The van der Waals surface area contributed by atoms with E-state index < -0.39 is 5.54 Å². The second-order valence-electron chi connectivity index (χ2n) is 5.90. The lowest BCUT2D eigenvalue weighted by atomic mass is 9.95. The molecule has 4 nitrogen and oxygen atoms in total. The zero-order chi connectivity index (χ0) is 16.0. The van der Waals surface area contributed by atoms with E-state index in [0.717, 1.165) is 5.75 Å². The first kappa shape index (κ1) is 17.5. The van der Waals surface area contributed by atoms with Gasteiger partial charge in [-0.25, -0.2) is 0 Å². The SMILES string of the molecule is CNC(C)(CC(C)Oc1ccccc1C(C)C)C(=O)OC. The lowest BCUT2D eigenvalue weighted by Gasteiger charge is -2.29. The number of hydrogen-bond acceptors (Lipinski definition) is 4. The molecule has 1 aromatic carbocycles. The minimum atomic E-state index is -0.749. The number of esters is 1. The van der Waals surface area contributed by atoms with Crippen LogP contribution in [0, 0.1) is 0 Å². The van der Waals surface area contributed by atoms with Crippen LogP contribution in [-0.2, 0) is 9.53 Å². The quantitative estimate of drug-likeness (QED) is 0.785. The van der Waals surface area contributed by atoms with Gasteiger partial charge >= 0.3 is 5.97 Å². The molecule has 1 aromatic rings. The predicted octanol–water partition coefficient (Wildman–Crippen LogP) is 3.12. The Hall–Kier alpha value is -1.55. The molecule has 0 bridgehead atoms. The minimum absolute atomic E-state index is 0.110. The monoisotopic (exact) mass is 293 g/mol. The first-order chi connectivity index (χ1) is 9.84. The zero-order valence-electron chi connectivity index (χ0n) is 13.9. The van der Waals surface area contributed by atoms with Crippen molar-refractivity contribution in [1.29, 1.82) is 0 Å². The van der Waals surface area contributed by atoms with Crippen LogP contribution in [0.25, 0.3) is 0 Å². The van der Waals surface area contributed by atoms with Gasteiger partial charge in [-0.3, -0.25) is 4.79 Å². The molecule has 2 unspecified atom stereocenters. The van der Waals surface area contributed by atoms with Gasteiger partial charge < -0.3 is 14.8 Å². The standard InChI is InChI=1S/C17H27NO3/c1-12(2)14-9-7-8-10-15(14)21-13(3)11-17(4,18-5)16(19)20-6/h7-10,12-13,18H,11H2,1-6H3. The molecule has 0 aliphatic heterocycles. The van der Waals surface area contributed by atoms with Crippen LogP contribution >= 0.6 is 0 Å². The molecule has 0 radical (unpaired) electrons. The minimum Gasteiger partial charge on any atom is -0.490 e. The molecule has 0 spiro atoms. The lowest BCUT2D eigenvalue weighted by molar-refractivity contribution is -0.148. The number of hydrogen-bond donors (Lipinski definition) is 1. The fourth-order valence-corrected chi connectivity index (χ4v) is 2.41. The number of nitrogens with one attached hydrogen (secondary N) is 1. The van der Waals surface area contributed by atoms with Crippen molar-refractivity contribution in [2.75, 3.05) is 14.2 Å². The first-order valence-electron chi connectivity index (χ1n) is 7.37. The van der Waals surface area contributed by atoms with Crippen molar-refractivity contribution in [2.24, 2.45) is 0 Å². The number of carbonyl (C=O) groups excluding carboxylic acids is 1. The van der Waals surface area contributed by atoms with Crippen LogP contribution in [0.5, 0.6) is 5.75 Å². The smallest absolute Gasteiger partial charge is 0.325 e. The van der Waals surface area contributed by atoms with E-state index in [1.54, 1.807) is 7.05 Å². The highest BCUT2D eigenvalue weighted by Crippen LogP contribution is 2.28. The summed E-state index contributed by atoms with van der Waals surface area (Å²) in [6.07, 6.45) is 0.421. The molecule has 0 amide bonds. The van der Waals surface area contributed by atoms with E-state index in [4.69, 9.17) is 9.47 Å². The highest BCUT2D eigenvalue weighted by Gasteiger charge is 2.35. The maximum Gasteiger partial charge on any atom is 0.325 e. The second kappa shape index (κ2) is 7.46. The maximum atomic E-state index is 11.9. The Morgan fingerprint density at radius 3 is 2.43 bits per heavy atom. The molecule has 1 rings (SSSR count). The van der Waals surface area contributed by atoms with Crippen molar-refractivity contribution in [1.82, 2.24) is 5.32 Å². The summed E-state index contributed by atoms with van der Waals surface area (Å²) < 4.78 is 10.9. The number of rotatable bonds is 7. The molecule has 118 valence electrons. The normalized spacial score (nSPS) is 15.4. The van der Waals surface area contributed by atoms with Crippen molar-refractivity contribution in [2.45, 2.75) is 51.7 Å². The molecule has 0 saturated carbocycles. The summed E-state index contributed by atoms with van der Waals surface area (Å²) in [7, 11) is 3.16. The van der Waals surface area contributed by atoms with Crippen LogP contribution in [0.4, 0.5) is 0 Å². The molecule has 0 aliphatic carbocycles. The number of ether oxygens (including phenoxy) is 2. The Labute approximate surface area is 127 Å². The van der Waals surface area contributed by atoms with Gasteiger partial charge in [0.05, 0.1) is 13.2 Å². The van der Waals surface area contributed by atoms with E-state index in [9.17, 15) is 4.79 Å². The predicted molar refractivity (Wildman–Crippen MR) is 84.7 cm³/mol. The number of likely N-dealkylation sites (N-methyl/N-ethyl adjacent to an activating group) is 1. The molecule has 1 N–H and O–H groups in total. The molecule has 0 saturated heterocycles. The fraction of sp³-hybridized carbons (Fsp3) is 0.588. The van der Waals surface area contributed by atoms with Gasteiger partial charge in [-0.2, -0.15) is 0 Å². The first-order valence-corrected chi connectivity index (χ1v) is 7.37. The zero-order valence-corrected chi connectivity index (χ0v) is 13.9. The van der Waals surface area contributed by atoms with Gasteiger partial charge in [-0.1, -0.05) is 32.0 Å². The molecule has 2 atom stereocenters. The second-order valence-corrected chi connectivity index (χ2v) is 5.90. The van der Waals surface area contributed by atoms with Crippen molar-refractivity contribution < 1.29 is 14.3 Å². The van der Waals surface area contributed by atoms with Gasteiger partial charge in [0.1, 0.15) is 11.3 Å². The summed E-state index contributed by atoms with van der Waals surface area (Å²) in [6.45, 7) is 8.07. The van der Waals surface area contributed by atoms with Crippen LogP contribution in [0.2, 0.25) is 0 Å². The van der Waals surface area contributed by atoms with E-state index in [2.05, 4.69) is 25.2 Å². The van der Waals surface area contributed by atoms with E-state index in [1.807, 2.05) is 32.0 Å². The summed E-state index contributed by atoms with van der Waals surface area (Å²) in [6, 6.07) is 8.02. The Morgan fingerprint density at radius 2 is 1.90 bits per heavy atom. The van der Waals surface area contributed by atoms with Gasteiger partial charge in [0.25, 0.3) is 0 Å². The number of benzene rings is 1. The Balaban J connectivity index is 2.82. The molecule has 0 heterocycles.